The van der Waals surface area contributed by atoms with Crippen molar-refractivity contribution in [3.63, 3.8) is 0 Å². The number of aromatic nitrogens is 1. The van der Waals surface area contributed by atoms with Crippen LogP contribution < -0.4 is 0 Å². The Hall–Kier alpha value is -2.25. The van der Waals surface area contributed by atoms with E-state index in [9.17, 15) is 14.7 Å². The fraction of sp³-hybridized carbons (Fsp3) is 0.421. The number of hydrogen-bond acceptors (Lipinski definition) is 5. The molecule has 2 heterocycles. The molecule has 1 fully saturated rings. The van der Waals surface area contributed by atoms with Crippen molar-refractivity contribution in [1.82, 2.24) is 9.88 Å². The van der Waals surface area contributed by atoms with Crippen LogP contribution in [0.2, 0.25) is 0 Å². The van der Waals surface area contributed by atoms with E-state index in [1.807, 2.05) is 30.5 Å². The average molecular weight is 374 g/mol. The predicted octanol–water partition coefficient (Wildman–Crippen LogP) is 3.07. The molecule has 0 bridgehead atoms. The van der Waals surface area contributed by atoms with Gasteiger partial charge in [-0.25, -0.2) is 4.98 Å². The first-order chi connectivity index (χ1) is 12.4. The van der Waals surface area contributed by atoms with Crippen LogP contribution in [-0.4, -0.2) is 53.7 Å². The maximum atomic E-state index is 13.0. The molecule has 0 aliphatic carbocycles. The SMILES string of the molecule is COCC1(C(=O)O)CCCN(C(=O)c2cccc(-c3nc(C)cs3)c2)C1. The van der Waals surface area contributed by atoms with Gasteiger partial charge in [0.2, 0.25) is 0 Å². The Morgan fingerprint density at radius 2 is 2.23 bits per heavy atom. The van der Waals surface area contributed by atoms with E-state index in [1.165, 1.54) is 18.4 Å². The lowest BCUT2D eigenvalue weighted by atomic mass is 9.80. The second kappa shape index (κ2) is 7.55. The number of thiazole rings is 1. The number of benzene rings is 1. The number of carboxylic acid groups (broad SMARTS) is 1. The van der Waals surface area contributed by atoms with Gasteiger partial charge in [-0.05, 0) is 31.9 Å². The Balaban J connectivity index is 1.84. The van der Waals surface area contributed by atoms with Crippen LogP contribution in [0, 0.1) is 12.3 Å². The van der Waals surface area contributed by atoms with Gasteiger partial charge in [-0.3, -0.25) is 9.59 Å². The molecule has 7 heteroatoms. The number of carboxylic acids is 1. The molecule has 6 nitrogen and oxygen atoms in total. The monoisotopic (exact) mass is 374 g/mol. The van der Waals surface area contributed by atoms with Crippen molar-refractivity contribution in [1.29, 1.82) is 0 Å². The number of aryl methyl sites for hydroxylation is 1. The van der Waals surface area contributed by atoms with Crippen molar-refractivity contribution in [2.24, 2.45) is 5.41 Å². The van der Waals surface area contributed by atoms with Crippen LogP contribution in [0.15, 0.2) is 29.6 Å². The molecule has 1 saturated heterocycles. The third kappa shape index (κ3) is 3.64. The molecule has 0 saturated carbocycles. The van der Waals surface area contributed by atoms with Crippen molar-refractivity contribution in [3.05, 3.63) is 40.9 Å². The second-order valence-electron chi connectivity index (χ2n) is 6.72. The van der Waals surface area contributed by atoms with Gasteiger partial charge in [0.05, 0.1) is 6.61 Å². The summed E-state index contributed by atoms with van der Waals surface area (Å²) in [4.78, 5) is 30.9. The quantitative estimate of drug-likeness (QED) is 0.870. The molecule has 1 aliphatic rings. The summed E-state index contributed by atoms with van der Waals surface area (Å²) in [5.41, 5.74) is 1.36. The molecule has 1 atom stereocenters. The summed E-state index contributed by atoms with van der Waals surface area (Å²) in [7, 11) is 1.49. The number of methoxy groups -OCH3 is 1. The number of carbonyl (C=O) groups excluding carboxylic acids is 1. The fourth-order valence-electron chi connectivity index (χ4n) is 3.39. The van der Waals surface area contributed by atoms with Crippen molar-refractivity contribution >= 4 is 23.2 Å². The Kier molecular flexibility index (Phi) is 5.38. The average Bonchev–Trinajstić information content (AvgIpc) is 3.08. The first kappa shape index (κ1) is 18.5. The van der Waals surface area contributed by atoms with Crippen LogP contribution in [0.4, 0.5) is 0 Å². The topological polar surface area (TPSA) is 79.7 Å². The number of piperidine rings is 1. The van der Waals surface area contributed by atoms with E-state index in [-0.39, 0.29) is 19.1 Å². The summed E-state index contributed by atoms with van der Waals surface area (Å²) < 4.78 is 5.13. The summed E-state index contributed by atoms with van der Waals surface area (Å²) in [6.07, 6.45) is 1.16. The lowest BCUT2D eigenvalue weighted by molar-refractivity contribution is -0.155. The number of likely N-dealkylation sites (tertiary alicyclic amines) is 1. The molecule has 1 aromatic carbocycles. The normalized spacial score (nSPS) is 20.2. The molecule has 1 aliphatic heterocycles. The van der Waals surface area contributed by atoms with Crippen LogP contribution in [0.3, 0.4) is 0 Å². The van der Waals surface area contributed by atoms with Crippen LogP contribution >= 0.6 is 11.3 Å². The minimum atomic E-state index is -1.04. The van der Waals surface area contributed by atoms with Crippen molar-refractivity contribution in [3.8, 4) is 10.6 Å². The molecule has 3 rings (SSSR count). The zero-order valence-electron chi connectivity index (χ0n) is 14.9. The molecule has 1 unspecified atom stereocenters. The highest BCUT2D eigenvalue weighted by Crippen LogP contribution is 2.32. The lowest BCUT2D eigenvalue weighted by Crippen LogP contribution is -2.52. The largest absolute Gasteiger partial charge is 0.481 e. The molecule has 0 radical (unpaired) electrons. The summed E-state index contributed by atoms with van der Waals surface area (Å²) in [5, 5.41) is 12.5. The molecule has 1 amide bonds. The van der Waals surface area contributed by atoms with Gasteiger partial charge in [0.15, 0.2) is 0 Å². The molecular weight excluding hydrogens is 352 g/mol. The van der Waals surface area contributed by atoms with Crippen LogP contribution in [-0.2, 0) is 9.53 Å². The van der Waals surface area contributed by atoms with Gasteiger partial charge in [-0.2, -0.15) is 0 Å². The van der Waals surface area contributed by atoms with Gasteiger partial charge < -0.3 is 14.7 Å². The Labute approximate surface area is 156 Å². The third-order valence-electron chi connectivity index (χ3n) is 4.71. The van der Waals surface area contributed by atoms with E-state index in [4.69, 9.17) is 4.74 Å². The van der Waals surface area contributed by atoms with E-state index >= 15 is 0 Å². The number of carbonyl (C=O) groups is 2. The van der Waals surface area contributed by atoms with Gasteiger partial charge in [-0.15, -0.1) is 11.3 Å². The Morgan fingerprint density at radius 3 is 2.88 bits per heavy atom. The minimum Gasteiger partial charge on any atom is -0.481 e. The van der Waals surface area contributed by atoms with Gasteiger partial charge in [0, 0.05) is 42.4 Å². The Bertz CT molecular complexity index is 815. The van der Waals surface area contributed by atoms with E-state index < -0.39 is 11.4 Å². The predicted molar refractivity (Wildman–Crippen MR) is 99.4 cm³/mol. The third-order valence-corrected chi connectivity index (χ3v) is 5.72. The zero-order valence-corrected chi connectivity index (χ0v) is 15.7. The highest BCUT2D eigenvalue weighted by Gasteiger charge is 2.44. The maximum absolute atomic E-state index is 13.0. The summed E-state index contributed by atoms with van der Waals surface area (Å²) in [6.45, 7) is 2.75. The second-order valence-corrected chi connectivity index (χ2v) is 7.58. The highest BCUT2D eigenvalue weighted by molar-refractivity contribution is 7.13. The minimum absolute atomic E-state index is 0.102. The molecule has 26 heavy (non-hydrogen) atoms. The number of amides is 1. The first-order valence-electron chi connectivity index (χ1n) is 8.49. The van der Waals surface area contributed by atoms with Crippen molar-refractivity contribution < 1.29 is 19.4 Å². The van der Waals surface area contributed by atoms with Crippen LogP contribution in [0.1, 0.15) is 28.9 Å². The van der Waals surface area contributed by atoms with Crippen LogP contribution in [0.5, 0.6) is 0 Å². The molecular formula is C19H22N2O4S. The van der Waals surface area contributed by atoms with Crippen molar-refractivity contribution in [2.45, 2.75) is 19.8 Å². The van der Waals surface area contributed by atoms with Gasteiger partial charge in [0.1, 0.15) is 10.4 Å². The molecule has 2 aromatic rings. The number of aliphatic carboxylic acids is 1. The number of nitrogens with zero attached hydrogens (tertiary/aromatic N) is 2. The maximum Gasteiger partial charge on any atom is 0.313 e. The number of rotatable bonds is 5. The fourth-order valence-corrected chi connectivity index (χ4v) is 4.18. The molecule has 138 valence electrons. The standard InChI is InChI=1S/C19H22N2O4S/c1-13-10-26-16(20-13)14-5-3-6-15(9-14)17(22)21-8-4-7-19(11-21,12-25-2)18(23)24/h3,5-6,9-10H,4,7-8,11-12H2,1-2H3,(H,23,24). The zero-order chi connectivity index (χ0) is 18.7. The number of hydrogen-bond donors (Lipinski definition) is 1. The summed E-state index contributed by atoms with van der Waals surface area (Å²) >= 11 is 1.54. The lowest BCUT2D eigenvalue weighted by Gasteiger charge is -2.39. The number of ether oxygens (including phenoxy) is 1. The molecule has 1 aromatic heterocycles. The summed E-state index contributed by atoms with van der Waals surface area (Å²) in [6, 6.07) is 7.36. The molecule has 0 spiro atoms. The van der Waals surface area contributed by atoms with E-state index in [1.54, 1.807) is 11.0 Å². The van der Waals surface area contributed by atoms with E-state index in [0.29, 0.717) is 24.9 Å². The van der Waals surface area contributed by atoms with Crippen molar-refractivity contribution in [2.75, 3.05) is 26.8 Å². The first-order valence-corrected chi connectivity index (χ1v) is 9.37. The van der Waals surface area contributed by atoms with E-state index in [2.05, 4.69) is 4.98 Å². The van der Waals surface area contributed by atoms with E-state index in [0.717, 1.165) is 16.3 Å². The van der Waals surface area contributed by atoms with Crippen LogP contribution in [0.25, 0.3) is 10.6 Å². The Morgan fingerprint density at radius 1 is 1.42 bits per heavy atom. The van der Waals surface area contributed by atoms with Gasteiger partial charge in [0.25, 0.3) is 5.91 Å². The molecule has 1 N–H and O–H groups in total. The summed E-state index contributed by atoms with van der Waals surface area (Å²) in [5.74, 6) is -1.06. The highest BCUT2D eigenvalue weighted by atomic mass is 32.1. The van der Waals surface area contributed by atoms with Gasteiger partial charge in [-0.1, -0.05) is 12.1 Å². The smallest absolute Gasteiger partial charge is 0.313 e. The van der Waals surface area contributed by atoms with Gasteiger partial charge >= 0.3 is 5.97 Å².